The van der Waals surface area contributed by atoms with Gasteiger partial charge in [0.05, 0.1) is 12.2 Å². The van der Waals surface area contributed by atoms with E-state index < -0.39 is 0 Å². The maximum Gasteiger partial charge on any atom is 0.338 e. The van der Waals surface area contributed by atoms with Gasteiger partial charge in [-0.05, 0) is 61.6 Å². The summed E-state index contributed by atoms with van der Waals surface area (Å²) >= 11 is 0. The van der Waals surface area contributed by atoms with Gasteiger partial charge in [-0.3, -0.25) is 0 Å². The Hall–Kier alpha value is -1.51. The molecule has 0 amide bonds. The van der Waals surface area contributed by atoms with Crippen LogP contribution in [-0.4, -0.2) is 12.6 Å². The van der Waals surface area contributed by atoms with Crippen LogP contribution in [-0.2, 0) is 4.74 Å². The molecule has 0 aromatic heterocycles. The maximum absolute atomic E-state index is 12.1. The fourth-order valence-electron chi connectivity index (χ4n) is 3.70. The third-order valence-electron chi connectivity index (χ3n) is 4.79. The summed E-state index contributed by atoms with van der Waals surface area (Å²) in [5.74, 6) is 2.04. The first-order chi connectivity index (χ1) is 9.13. The van der Waals surface area contributed by atoms with E-state index in [0.29, 0.717) is 23.8 Å². The van der Waals surface area contributed by atoms with E-state index in [9.17, 15) is 4.79 Å². The molecule has 102 valence electrons. The normalized spacial score (nSPS) is 28.6. The predicted molar refractivity (Wildman–Crippen MR) is 74.8 cm³/mol. The van der Waals surface area contributed by atoms with Gasteiger partial charge in [-0.15, -0.1) is 0 Å². The Kier molecular flexibility index (Phi) is 3.21. The lowest BCUT2D eigenvalue weighted by atomic mass is 9.89. The van der Waals surface area contributed by atoms with Crippen LogP contribution < -0.4 is 5.73 Å². The third kappa shape index (κ3) is 2.46. The van der Waals surface area contributed by atoms with E-state index in [4.69, 9.17) is 10.5 Å². The Morgan fingerprint density at radius 1 is 1.37 bits per heavy atom. The first-order valence-electron chi connectivity index (χ1n) is 7.16. The number of aryl methyl sites for hydroxylation is 1. The van der Waals surface area contributed by atoms with Gasteiger partial charge in [0.25, 0.3) is 0 Å². The van der Waals surface area contributed by atoms with Crippen molar-refractivity contribution in [1.29, 1.82) is 0 Å². The van der Waals surface area contributed by atoms with Crippen LogP contribution in [0.5, 0.6) is 0 Å². The van der Waals surface area contributed by atoms with Gasteiger partial charge in [0.2, 0.25) is 0 Å². The second-order valence-corrected chi connectivity index (χ2v) is 6.11. The molecule has 19 heavy (non-hydrogen) atoms. The Bertz CT molecular complexity index is 498. The molecule has 2 N–H and O–H groups in total. The van der Waals surface area contributed by atoms with Gasteiger partial charge < -0.3 is 10.5 Å². The van der Waals surface area contributed by atoms with Crippen LogP contribution in [0.1, 0.15) is 41.6 Å². The zero-order valence-corrected chi connectivity index (χ0v) is 11.4. The predicted octanol–water partition coefficient (Wildman–Crippen LogP) is 3.17. The number of carbonyl (C=O) groups is 1. The lowest BCUT2D eigenvalue weighted by Crippen LogP contribution is -2.19. The summed E-state index contributed by atoms with van der Waals surface area (Å²) in [7, 11) is 0. The number of fused-ring (bicyclic) bond motifs is 2. The molecule has 2 bridgehead atoms. The standard InChI is InChI=1S/C16H21NO2/c1-10-2-5-14(17)8-15(10)16(18)19-9-13-7-11-3-4-12(13)6-11/h2,5,8,11-13H,3-4,6-7,9,17H2,1H3. The monoisotopic (exact) mass is 259 g/mol. The summed E-state index contributed by atoms with van der Waals surface area (Å²) in [6.07, 6.45) is 5.29. The summed E-state index contributed by atoms with van der Waals surface area (Å²) in [5, 5.41) is 0. The van der Waals surface area contributed by atoms with E-state index in [0.717, 1.165) is 17.4 Å². The number of ether oxygens (including phenoxy) is 1. The van der Waals surface area contributed by atoms with Crippen molar-refractivity contribution < 1.29 is 9.53 Å². The number of carbonyl (C=O) groups excluding carboxylic acids is 1. The topological polar surface area (TPSA) is 52.3 Å². The highest BCUT2D eigenvalue weighted by Gasteiger charge is 2.39. The van der Waals surface area contributed by atoms with Crippen molar-refractivity contribution in [2.75, 3.05) is 12.3 Å². The van der Waals surface area contributed by atoms with Gasteiger partial charge in [-0.25, -0.2) is 4.79 Å². The molecule has 2 aliphatic rings. The van der Waals surface area contributed by atoms with E-state index in [2.05, 4.69) is 0 Å². The summed E-state index contributed by atoms with van der Waals surface area (Å²) in [6.45, 7) is 2.49. The SMILES string of the molecule is Cc1ccc(N)cc1C(=O)OCC1CC2CCC1C2. The van der Waals surface area contributed by atoms with Gasteiger partial charge >= 0.3 is 5.97 Å². The quantitative estimate of drug-likeness (QED) is 0.670. The molecule has 0 heterocycles. The maximum atomic E-state index is 12.1. The molecular weight excluding hydrogens is 238 g/mol. The number of hydrogen-bond acceptors (Lipinski definition) is 3. The fourth-order valence-corrected chi connectivity index (χ4v) is 3.70. The summed E-state index contributed by atoms with van der Waals surface area (Å²) < 4.78 is 5.51. The minimum absolute atomic E-state index is 0.229. The van der Waals surface area contributed by atoms with Gasteiger partial charge in [-0.2, -0.15) is 0 Å². The summed E-state index contributed by atoms with van der Waals surface area (Å²) in [6, 6.07) is 5.38. The number of benzene rings is 1. The van der Waals surface area contributed by atoms with Crippen LogP contribution in [0.2, 0.25) is 0 Å². The molecule has 3 nitrogen and oxygen atoms in total. The third-order valence-corrected chi connectivity index (χ3v) is 4.79. The van der Waals surface area contributed by atoms with Crippen molar-refractivity contribution >= 4 is 11.7 Å². The molecule has 0 saturated heterocycles. The number of nitrogen functional groups attached to an aromatic ring is 1. The summed E-state index contributed by atoms with van der Waals surface area (Å²) in [5.41, 5.74) is 7.86. The molecule has 3 unspecified atom stereocenters. The molecule has 2 fully saturated rings. The molecular formula is C16H21NO2. The van der Waals surface area contributed by atoms with Crippen molar-refractivity contribution in [2.24, 2.45) is 17.8 Å². The highest BCUT2D eigenvalue weighted by atomic mass is 16.5. The van der Waals surface area contributed by atoms with Crippen LogP contribution in [0.15, 0.2) is 18.2 Å². The molecule has 0 radical (unpaired) electrons. The van der Waals surface area contributed by atoms with E-state index in [1.54, 1.807) is 6.07 Å². The lowest BCUT2D eigenvalue weighted by Gasteiger charge is -2.21. The average molecular weight is 259 g/mol. The largest absolute Gasteiger partial charge is 0.462 e. The van der Waals surface area contributed by atoms with Crippen molar-refractivity contribution in [3.63, 3.8) is 0 Å². The van der Waals surface area contributed by atoms with E-state index >= 15 is 0 Å². The molecule has 0 spiro atoms. The first kappa shape index (κ1) is 12.5. The second kappa shape index (κ2) is 4.87. The number of esters is 1. The Morgan fingerprint density at radius 2 is 2.21 bits per heavy atom. The second-order valence-electron chi connectivity index (χ2n) is 6.11. The molecule has 3 heteroatoms. The first-order valence-corrected chi connectivity index (χ1v) is 7.16. The highest BCUT2D eigenvalue weighted by Crippen LogP contribution is 2.48. The minimum atomic E-state index is -0.229. The fraction of sp³-hybridized carbons (Fsp3) is 0.562. The lowest BCUT2D eigenvalue weighted by molar-refractivity contribution is 0.0393. The van der Waals surface area contributed by atoms with Gasteiger partial charge in [0.15, 0.2) is 0 Å². The van der Waals surface area contributed by atoms with Gasteiger partial charge in [0, 0.05) is 5.69 Å². The average Bonchev–Trinajstić information content (AvgIpc) is 3.01. The molecule has 2 saturated carbocycles. The van der Waals surface area contributed by atoms with E-state index in [1.807, 2.05) is 19.1 Å². The highest BCUT2D eigenvalue weighted by molar-refractivity contribution is 5.92. The number of hydrogen-bond donors (Lipinski definition) is 1. The Morgan fingerprint density at radius 3 is 2.89 bits per heavy atom. The van der Waals surface area contributed by atoms with Crippen LogP contribution in [0, 0.1) is 24.7 Å². The molecule has 1 aromatic rings. The van der Waals surface area contributed by atoms with Crippen LogP contribution in [0.25, 0.3) is 0 Å². The minimum Gasteiger partial charge on any atom is -0.462 e. The van der Waals surface area contributed by atoms with Crippen molar-refractivity contribution in [2.45, 2.75) is 32.6 Å². The Balaban J connectivity index is 1.61. The molecule has 2 aliphatic carbocycles. The van der Waals surface area contributed by atoms with Crippen molar-refractivity contribution in [3.8, 4) is 0 Å². The van der Waals surface area contributed by atoms with Gasteiger partial charge in [0.1, 0.15) is 0 Å². The van der Waals surface area contributed by atoms with E-state index in [-0.39, 0.29) is 5.97 Å². The number of nitrogens with two attached hydrogens (primary N) is 1. The molecule has 0 aliphatic heterocycles. The van der Waals surface area contributed by atoms with Crippen molar-refractivity contribution in [1.82, 2.24) is 0 Å². The molecule has 3 rings (SSSR count). The van der Waals surface area contributed by atoms with Crippen LogP contribution in [0.3, 0.4) is 0 Å². The van der Waals surface area contributed by atoms with Crippen LogP contribution >= 0.6 is 0 Å². The van der Waals surface area contributed by atoms with E-state index in [1.165, 1.54) is 25.7 Å². The Labute approximate surface area is 114 Å². The van der Waals surface area contributed by atoms with Crippen molar-refractivity contribution in [3.05, 3.63) is 29.3 Å². The van der Waals surface area contributed by atoms with Crippen LogP contribution in [0.4, 0.5) is 5.69 Å². The number of anilines is 1. The summed E-state index contributed by atoms with van der Waals surface area (Å²) in [4.78, 5) is 12.1. The number of rotatable bonds is 3. The molecule has 3 atom stereocenters. The molecule has 1 aromatic carbocycles. The van der Waals surface area contributed by atoms with Gasteiger partial charge in [-0.1, -0.05) is 12.5 Å². The zero-order valence-electron chi connectivity index (χ0n) is 11.4. The zero-order chi connectivity index (χ0) is 13.4. The smallest absolute Gasteiger partial charge is 0.338 e.